The Morgan fingerprint density at radius 1 is 1.11 bits per heavy atom. The Bertz CT molecular complexity index is 598. The van der Waals surface area contributed by atoms with Crippen LogP contribution < -0.4 is 15.4 Å². The molecule has 1 saturated heterocycles. The van der Waals surface area contributed by atoms with Crippen molar-refractivity contribution in [3.8, 4) is 5.75 Å². The van der Waals surface area contributed by atoms with Crippen molar-refractivity contribution in [3.05, 3.63) is 29.8 Å². The lowest BCUT2D eigenvalue weighted by Gasteiger charge is -2.34. The zero-order chi connectivity index (χ0) is 19.6. The Morgan fingerprint density at radius 2 is 1.74 bits per heavy atom. The Morgan fingerprint density at radius 3 is 2.33 bits per heavy atom. The number of hydrogen-bond acceptors (Lipinski definition) is 5. The van der Waals surface area contributed by atoms with E-state index < -0.39 is 6.04 Å². The number of carbonyl (C=O) groups excluding carboxylic acids is 2. The summed E-state index contributed by atoms with van der Waals surface area (Å²) < 4.78 is 5.19. The second kappa shape index (κ2) is 10.9. The van der Waals surface area contributed by atoms with Crippen molar-refractivity contribution in [3.63, 3.8) is 0 Å². The lowest BCUT2D eigenvalue weighted by Crippen LogP contribution is -2.52. The second-order valence-corrected chi connectivity index (χ2v) is 6.98. The third kappa shape index (κ3) is 7.19. The van der Waals surface area contributed by atoms with Crippen LogP contribution in [0.5, 0.6) is 5.75 Å². The molecule has 150 valence electrons. The number of benzene rings is 1. The van der Waals surface area contributed by atoms with Crippen molar-refractivity contribution in [1.29, 1.82) is 0 Å². The first-order valence-corrected chi connectivity index (χ1v) is 9.66. The van der Waals surface area contributed by atoms with Gasteiger partial charge in [-0.25, -0.2) is 0 Å². The molecule has 0 saturated carbocycles. The van der Waals surface area contributed by atoms with Crippen molar-refractivity contribution < 1.29 is 14.3 Å². The molecule has 1 aromatic carbocycles. The monoisotopic (exact) mass is 376 g/mol. The first-order chi connectivity index (χ1) is 13.0. The van der Waals surface area contributed by atoms with E-state index in [2.05, 4.69) is 32.6 Å². The molecule has 0 aliphatic carbocycles. The summed E-state index contributed by atoms with van der Waals surface area (Å²) in [6.45, 7) is 9.13. The highest BCUT2D eigenvalue weighted by atomic mass is 16.5. The first kappa shape index (κ1) is 21.2. The molecule has 0 bridgehead atoms. The Balaban J connectivity index is 1.68. The maximum Gasteiger partial charge on any atom is 0.242 e. The van der Waals surface area contributed by atoms with Crippen LogP contribution in [-0.4, -0.2) is 74.0 Å². The highest BCUT2D eigenvalue weighted by molar-refractivity contribution is 5.87. The van der Waals surface area contributed by atoms with Crippen LogP contribution in [0, 0.1) is 0 Å². The molecule has 1 aliphatic rings. The van der Waals surface area contributed by atoms with Crippen LogP contribution in [-0.2, 0) is 16.1 Å². The second-order valence-electron chi connectivity index (χ2n) is 6.98. The fourth-order valence-corrected chi connectivity index (χ4v) is 3.05. The largest absolute Gasteiger partial charge is 0.497 e. The van der Waals surface area contributed by atoms with Gasteiger partial charge in [-0.05, 0) is 31.0 Å². The van der Waals surface area contributed by atoms with Gasteiger partial charge in [-0.3, -0.25) is 19.4 Å². The fraction of sp³-hybridized carbons (Fsp3) is 0.600. The van der Waals surface area contributed by atoms with Crippen LogP contribution in [0.4, 0.5) is 0 Å². The summed E-state index contributed by atoms with van der Waals surface area (Å²) in [4.78, 5) is 28.5. The number of nitrogens with zero attached hydrogens (tertiary/aromatic N) is 2. The maximum absolute atomic E-state index is 12.2. The average molecular weight is 377 g/mol. The standard InChI is InChI=1S/C20H32N4O3/c1-4-9-21-20(26)16(2)22-19(25)15-24-12-10-23(11-13-24)14-17-5-7-18(27-3)8-6-17/h5-8,16H,4,9-15H2,1-3H3,(H,21,26)(H,22,25)/t16-/m0/s1. The lowest BCUT2D eigenvalue weighted by molar-refractivity contribution is -0.129. The molecule has 27 heavy (non-hydrogen) atoms. The summed E-state index contributed by atoms with van der Waals surface area (Å²) in [6.07, 6.45) is 0.882. The highest BCUT2D eigenvalue weighted by Crippen LogP contribution is 2.14. The number of rotatable bonds is 9. The molecule has 1 heterocycles. The van der Waals surface area contributed by atoms with E-state index in [0.29, 0.717) is 13.1 Å². The molecule has 7 nitrogen and oxygen atoms in total. The normalized spacial score (nSPS) is 16.6. The fourth-order valence-electron chi connectivity index (χ4n) is 3.05. The predicted molar refractivity (Wildman–Crippen MR) is 106 cm³/mol. The molecule has 7 heteroatoms. The summed E-state index contributed by atoms with van der Waals surface area (Å²) in [6, 6.07) is 7.63. The van der Waals surface area contributed by atoms with Crippen LogP contribution in [0.25, 0.3) is 0 Å². The Kier molecular flexibility index (Phi) is 8.54. The number of nitrogens with one attached hydrogen (secondary N) is 2. The van der Waals surface area contributed by atoms with Gasteiger partial charge in [-0.2, -0.15) is 0 Å². The predicted octanol–water partition coefficient (Wildman–Crippen LogP) is 0.844. The first-order valence-electron chi connectivity index (χ1n) is 9.66. The third-order valence-electron chi connectivity index (χ3n) is 4.72. The van der Waals surface area contributed by atoms with Crippen molar-refractivity contribution in [1.82, 2.24) is 20.4 Å². The molecule has 2 N–H and O–H groups in total. The minimum atomic E-state index is -0.500. The van der Waals surface area contributed by atoms with E-state index in [4.69, 9.17) is 4.74 Å². The number of amides is 2. The highest BCUT2D eigenvalue weighted by Gasteiger charge is 2.21. The van der Waals surface area contributed by atoms with E-state index in [0.717, 1.165) is 44.9 Å². The van der Waals surface area contributed by atoms with Gasteiger partial charge in [0.2, 0.25) is 11.8 Å². The zero-order valence-corrected chi connectivity index (χ0v) is 16.7. The van der Waals surface area contributed by atoms with Crippen molar-refractivity contribution in [2.24, 2.45) is 0 Å². The number of ether oxygens (including phenoxy) is 1. The molecule has 2 amide bonds. The lowest BCUT2D eigenvalue weighted by atomic mass is 10.2. The van der Waals surface area contributed by atoms with Gasteiger partial charge in [0.15, 0.2) is 0 Å². The van der Waals surface area contributed by atoms with Crippen molar-refractivity contribution >= 4 is 11.8 Å². The van der Waals surface area contributed by atoms with Gasteiger partial charge in [-0.1, -0.05) is 19.1 Å². The van der Waals surface area contributed by atoms with E-state index in [9.17, 15) is 9.59 Å². The van der Waals surface area contributed by atoms with E-state index in [1.54, 1.807) is 14.0 Å². The van der Waals surface area contributed by atoms with Crippen LogP contribution in [0.1, 0.15) is 25.8 Å². The summed E-state index contributed by atoms with van der Waals surface area (Å²) in [5.74, 6) is 0.638. The van der Waals surface area contributed by atoms with Crippen LogP contribution >= 0.6 is 0 Å². The van der Waals surface area contributed by atoms with Gasteiger partial charge in [0.05, 0.1) is 13.7 Å². The minimum Gasteiger partial charge on any atom is -0.497 e. The average Bonchev–Trinajstić information content (AvgIpc) is 2.68. The zero-order valence-electron chi connectivity index (χ0n) is 16.7. The molecule has 0 spiro atoms. The number of carbonyl (C=O) groups is 2. The topological polar surface area (TPSA) is 73.9 Å². The Labute approximate surface area is 162 Å². The van der Waals surface area contributed by atoms with Gasteiger partial charge in [0, 0.05) is 39.3 Å². The molecule has 0 unspecified atom stereocenters. The molecule has 2 rings (SSSR count). The van der Waals surface area contributed by atoms with Crippen LogP contribution in [0.15, 0.2) is 24.3 Å². The third-order valence-corrected chi connectivity index (χ3v) is 4.72. The summed E-state index contributed by atoms with van der Waals surface area (Å²) in [5, 5.41) is 5.58. The van der Waals surface area contributed by atoms with Crippen molar-refractivity contribution in [2.75, 3.05) is 46.4 Å². The summed E-state index contributed by atoms with van der Waals surface area (Å²) >= 11 is 0. The maximum atomic E-state index is 12.2. The number of piperazine rings is 1. The van der Waals surface area contributed by atoms with Crippen molar-refractivity contribution in [2.45, 2.75) is 32.9 Å². The Hall–Kier alpha value is -2.12. The minimum absolute atomic E-state index is 0.0993. The molecule has 0 radical (unpaired) electrons. The smallest absolute Gasteiger partial charge is 0.242 e. The molecule has 1 atom stereocenters. The SMILES string of the molecule is CCCNC(=O)[C@H](C)NC(=O)CN1CCN(Cc2ccc(OC)cc2)CC1. The van der Waals surface area contributed by atoms with E-state index in [1.807, 2.05) is 19.1 Å². The quantitative estimate of drug-likeness (QED) is 0.668. The van der Waals surface area contributed by atoms with Gasteiger partial charge < -0.3 is 15.4 Å². The summed E-state index contributed by atoms with van der Waals surface area (Å²) in [7, 11) is 1.67. The summed E-state index contributed by atoms with van der Waals surface area (Å²) in [5.41, 5.74) is 1.26. The van der Waals surface area contributed by atoms with E-state index in [-0.39, 0.29) is 11.8 Å². The number of hydrogen-bond donors (Lipinski definition) is 2. The van der Waals surface area contributed by atoms with Crippen LogP contribution in [0.3, 0.4) is 0 Å². The van der Waals surface area contributed by atoms with Crippen LogP contribution in [0.2, 0.25) is 0 Å². The van der Waals surface area contributed by atoms with E-state index >= 15 is 0 Å². The molecule has 1 aliphatic heterocycles. The van der Waals surface area contributed by atoms with Gasteiger partial charge >= 0.3 is 0 Å². The van der Waals surface area contributed by atoms with Gasteiger partial charge in [0.1, 0.15) is 11.8 Å². The molecular formula is C20H32N4O3. The van der Waals surface area contributed by atoms with Gasteiger partial charge in [-0.15, -0.1) is 0 Å². The molecule has 0 aromatic heterocycles. The molecular weight excluding hydrogens is 344 g/mol. The van der Waals surface area contributed by atoms with Gasteiger partial charge in [0.25, 0.3) is 0 Å². The molecule has 1 aromatic rings. The number of methoxy groups -OCH3 is 1. The molecule has 1 fully saturated rings. The van der Waals surface area contributed by atoms with E-state index in [1.165, 1.54) is 5.56 Å².